The average molecular weight is 396 g/mol. The number of rotatable bonds is 6. The molecule has 8 heteroatoms. The van der Waals surface area contributed by atoms with Crippen LogP contribution in [0.5, 0.6) is 0 Å². The van der Waals surface area contributed by atoms with Crippen molar-refractivity contribution in [2.24, 2.45) is 0 Å². The fourth-order valence-corrected chi connectivity index (χ4v) is 4.48. The molecule has 0 bridgehead atoms. The summed E-state index contributed by atoms with van der Waals surface area (Å²) in [6, 6.07) is 9.70. The van der Waals surface area contributed by atoms with Crippen LogP contribution in [0, 0.1) is 0 Å². The number of carbonyl (C=O) groups is 1. The van der Waals surface area contributed by atoms with Gasteiger partial charge in [0.1, 0.15) is 0 Å². The maximum Gasteiger partial charge on any atom is 0.305 e. The first-order chi connectivity index (χ1) is 12.1. The molecule has 2 aromatic rings. The van der Waals surface area contributed by atoms with Gasteiger partial charge in [-0.1, -0.05) is 17.7 Å². The number of methoxy groups -OCH3 is 1. The number of ether oxygens (including phenoxy) is 1. The van der Waals surface area contributed by atoms with Gasteiger partial charge in [0.15, 0.2) is 5.11 Å². The number of esters is 1. The van der Waals surface area contributed by atoms with Crippen LogP contribution in [0.4, 0.5) is 0 Å². The van der Waals surface area contributed by atoms with Gasteiger partial charge in [0, 0.05) is 24.0 Å². The van der Waals surface area contributed by atoms with E-state index in [1.807, 2.05) is 30.3 Å². The van der Waals surface area contributed by atoms with Gasteiger partial charge in [0.25, 0.3) is 0 Å². The molecule has 0 radical (unpaired) electrons. The monoisotopic (exact) mass is 395 g/mol. The second-order valence-electron chi connectivity index (χ2n) is 5.64. The van der Waals surface area contributed by atoms with E-state index in [-0.39, 0.29) is 18.1 Å². The third-order valence-corrected chi connectivity index (χ3v) is 5.75. The van der Waals surface area contributed by atoms with Crippen LogP contribution in [-0.2, 0) is 9.53 Å². The molecule has 3 rings (SSSR count). The van der Waals surface area contributed by atoms with Crippen LogP contribution in [0.1, 0.15) is 35.5 Å². The van der Waals surface area contributed by atoms with Crippen LogP contribution in [0.2, 0.25) is 4.34 Å². The Balaban J connectivity index is 1.85. The molecule has 2 atom stereocenters. The first kappa shape index (κ1) is 18.1. The maximum absolute atomic E-state index is 11.4. The van der Waals surface area contributed by atoms with Crippen molar-refractivity contribution in [3.05, 3.63) is 51.4 Å². The molecule has 0 aromatic carbocycles. The molecule has 132 valence electrons. The first-order valence-corrected chi connectivity index (χ1v) is 9.50. The van der Waals surface area contributed by atoms with Gasteiger partial charge in [-0.05, 0) is 42.9 Å². The van der Waals surface area contributed by atoms with Gasteiger partial charge in [0.2, 0.25) is 0 Å². The quantitative estimate of drug-likeness (QED) is 0.594. The Morgan fingerprint density at radius 2 is 2.28 bits per heavy atom. The molecule has 1 N–H and O–H groups in total. The van der Waals surface area contributed by atoms with Crippen molar-refractivity contribution in [1.29, 1.82) is 0 Å². The minimum atomic E-state index is -0.213. The number of hydrogen-bond donors (Lipinski definition) is 1. The van der Waals surface area contributed by atoms with Gasteiger partial charge >= 0.3 is 5.97 Å². The summed E-state index contributed by atoms with van der Waals surface area (Å²) in [5.41, 5.74) is 0.926. The predicted octanol–water partition coefficient (Wildman–Crippen LogP) is 3.72. The van der Waals surface area contributed by atoms with Crippen molar-refractivity contribution >= 4 is 46.2 Å². The van der Waals surface area contributed by atoms with E-state index in [4.69, 9.17) is 28.6 Å². The Morgan fingerprint density at radius 3 is 2.92 bits per heavy atom. The summed E-state index contributed by atoms with van der Waals surface area (Å²) in [5, 5.41) is 4.03. The molecule has 0 aliphatic carbocycles. The maximum atomic E-state index is 11.4. The molecular weight excluding hydrogens is 378 g/mol. The topological polar surface area (TPSA) is 54.5 Å². The minimum absolute atomic E-state index is 0.00227. The van der Waals surface area contributed by atoms with Crippen molar-refractivity contribution in [1.82, 2.24) is 15.2 Å². The van der Waals surface area contributed by atoms with E-state index in [1.54, 1.807) is 6.20 Å². The highest BCUT2D eigenvalue weighted by Crippen LogP contribution is 2.42. The molecule has 1 aliphatic rings. The van der Waals surface area contributed by atoms with E-state index in [1.165, 1.54) is 18.4 Å². The Bertz CT molecular complexity index is 753. The summed E-state index contributed by atoms with van der Waals surface area (Å²) in [4.78, 5) is 19.1. The van der Waals surface area contributed by atoms with Crippen molar-refractivity contribution in [3.8, 4) is 0 Å². The van der Waals surface area contributed by atoms with E-state index < -0.39 is 0 Å². The summed E-state index contributed by atoms with van der Waals surface area (Å²) in [5.74, 6) is -0.213. The van der Waals surface area contributed by atoms with Crippen LogP contribution in [0.3, 0.4) is 0 Å². The van der Waals surface area contributed by atoms with Crippen LogP contribution in [-0.4, -0.2) is 34.6 Å². The molecular formula is C17H18ClN3O2S2. The highest BCUT2D eigenvalue weighted by Gasteiger charge is 2.40. The van der Waals surface area contributed by atoms with Crippen molar-refractivity contribution in [2.45, 2.75) is 24.9 Å². The SMILES string of the molecule is COC(=O)CCCN1C(=S)N[C@H](c2ccccn2)[C@@H]1c1ccc(Cl)s1. The molecule has 0 spiro atoms. The highest BCUT2D eigenvalue weighted by atomic mass is 35.5. The molecule has 0 amide bonds. The summed E-state index contributed by atoms with van der Waals surface area (Å²) in [6.45, 7) is 0.657. The lowest BCUT2D eigenvalue weighted by molar-refractivity contribution is -0.140. The van der Waals surface area contributed by atoms with Gasteiger partial charge in [-0.15, -0.1) is 11.3 Å². The summed E-state index contributed by atoms with van der Waals surface area (Å²) >= 11 is 13.2. The standard InChI is InChI=1S/C17H18ClN3O2S2/c1-23-14(22)6-4-10-21-16(12-7-8-13(18)25-12)15(20-17(21)24)11-5-2-3-9-19-11/h2-3,5,7-9,15-16H,4,6,10H2,1H3,(H,20,24)/t15-,16+/m1/s1. The smallest absolute Gasteiger partial charge is 0.305 e. The molecule has 1 aliphatic heterocycles. The molecule has 5 nitrogen and oxygen atoms in total. The number of nitrogens with one attached hydrogen (secondary N) is 1. The summed E-state index contributed by atoms with van der Waals surface area (Å²) in [6.07, 6.45) is 2.80. The largest absolute Gasteiger partial charge is 0.469 e. The zero-order valence-electron chi connectivity index (χ0n) is 13.6. The number of carbonyl (C=O) groups excluding carboxylic acids is 1. The van der Waals surface area contributed by atoms with Gasteiger partial charge in [-0.3, -0.25) is 9.78 Å². The van der Waals surface area contributed by atoms with Crippen LogP contribution < -0.4 is 5.32 Å². The lowest BCUT2D eigenvalue weighted by Crippen LogP contribution is -2.30. The number of halogens is 1. The average Bonchev–Trinajstić information content (AvgIpc) is 3.19. The summed E-state index contributed by atoms with van der Waals surface area (Å²) in [7, 11) is 1.40. The van der Waals surface area contributed by atoms with Gasteiger partial charge in [-0.25, -0.2) is 0 Å². The number of aromatic nitrogens is 1. The first-order valence-electron chi connectivity index (χ1n) is 7.90. The highest BCUT2D eigenvalue weighted by molar-refractivity contribution is 7.80. The van der Waals surface area contributed by atoms with Crippen molar-refractivity contribution in [2.75, 3.05) is 13.7 Å². The lowest BCUT2D eigenvalue weighted by Gasteiger charge is -2.26. The van der Waals surface area contributed by atoms with E-state index in [2.05, 4.69) is 15.2 Å². The summed E-state index contributed by atoms with van der Waals surface area (Å²) < 4.78 is 5.45. The molecule has 3 heterocycles. The third-order valence-electron chi connectivity index (χ3n) is 4.09. The second-order valence-corrected chi connectivity index (χ2v) is 7.77. The minimum Gasteiger partial charge on any atom is -0.469 e. The third kappa shape index (κ3) is 4.11. The van der Waals surface area contributed by atoms with Gasteiger partial charge in [0.05, 0.1) is 29.2 Å². The fourth-order valence-electron chi connectivity index (χ4n) is 2.94. The van der Waals surface area contributed by atoms with E-state index >= 15 is 0 Å². The normalized spacial score (nSPS) is 19.8. The van der Waals surface area contributed by atoms with Crippen LogP contribution >= 0.6 is 35.2 Å². The number of nitrogens with zero attached hydrogens (tertiary/aromatic N) is 2. The van der Waals surface area contributed by atoms with E-state index in [0.717, 1.165) is 14.9 Å². The number of thiocarbonyl (C=S) groups is 1. The number of thiophene rings is 1. The van der Waals surface area contributed by atoms with Crippen molar-refractivity contribution in [3.63, 3.8) is 0 Å². The zero-order chi connectivity index (χ0) is 17.8. The molecule has 1 fully saturated rings. The molecule has 0 saturated carbocycles. The Labute approximate surface area is 161 Å². The Kier molecular flexibility index (Phi) is 5.88. The molecule has 0 unspecified atom stereocenters. The van der Waals surface area contributed by atoms with E-state index in [0.29, 0.717) is 24.5 Å². The predicted molar refractivity (Wildman–Crippen MR) is 103 cm³/mol. The van der Waals surface area contributed by atoms with Gasteiger partial charge < -0.3 is 15.0 Å². The Morgan fingerprint density at radius 1 is 1.44 bits per heavy atom. The lowest BCUT2D eigenvalue weighted by atomic mass is 10.0. The van der Waals surface area contributed by atoms with Crippen LogP contribution in [0.25, 0.3) is 0 Å². The second kappa shape index (κ2) is 8.12. The molecule has 25 heavy (non-hydrogen) atoms. The van der Waals surface area contributed by atoms with E-state index in [9.17, 15) is 4.79 Å². The zero-order valence-corrected chi connectivity index (χ0v) is 16.0. The molecule has 1 saturated heterocycles. The van der Waals surface area contributed by atoms with Crippen molar-refractivity contribution < 1.29 is 9.53 Å². The Hall–Kier alpha value is -1.70. The van der Waals surface area contributed by atoms with Crippen LogP contribution in [0.15, 0.2) is 36.5 Å². The fraction of sp³-hybridized carbons (Fsp3) is 0.353. The molecule has 2 aromatic heterocycles. The number of hydrogen-bond acceptors (Lipinski definition) is 5. The number of pyridine rings is 1. The van der Waals surface area contributed by atoms with Gasteiger partial charge in [-0.2, -0.15) is 0 Å².